The highest BCUT2D eigenvalue weighted by Crippen LogP contribution is 2.38. The Labute approximate surface area is 261 Å². The lowest BCUT2D eigenvalue weighted by Crippen LogP contribution is -2.43. The molecule has 5 heterocycles. The average Bonchev–Trinajstić information content (AvgIpc) is 3.76. The molecule has 1 aromatic carbocycles. The number of likely N-dealkylation sites (tertiary alicyclic amines) is 3. The second-order valence-electron chi connectivity index (χ2n) is 16.4. The predicted octanol–water partition coefficient (Wildman–Crippen LogP) is 4.14. The molecule has 1 amide bonds. The summed E-state index contributed by atoms with van der Waals surface area (Å²) in [6.07, 6.45) is 7.37. The number of rotatable bonds is 9. The highest BCUT2D eigenvalue weighted by molar-refractivity contribution is 6.01. The largest absolute Gasteiger partial charge is 0.312 e. The lowest BCUT2D eigenvalue weighted by atomic mass is 9.81. The smallest absolute Gasteiger partial charge is 0.231 e. The third kappa shape index (κ3) is 6.58. The molecule has 0 spiro atoms. The van der Waals surface area contributed by atoms with Crippen molar-refractivity contribution in [3.05, 3.63) is 29.8 Å². The number of nitrogens with zero attached hydrogens (tertiary/aromatic N) is 6. The number of para-hydroxylation sites is 1. The maximum Gasteiger partial charge on any atom is 0.231 e. The standard InChI is InChI=1S/C36H58N6O/c1-36(2,3)40-23-30-21-39(22-31(30)24-40)18-28-12-10-27(11-13-28)17-37(4)41-25-32-19-38(20-33(32)26-41)14-7-15-42-34-9-6-5-8-29(34)16-35(42)43/h5-6,8-9,27-28,30-33H,7,10-26H2,1-4H3/t27?,28?,30-,31+,32-,33+. The van der Waals surface area contributed by atoms with Gasteiger partial charge in [0.2, 0.25) is 5.91 Å². The molecule has 0 N–H and O–H groups in total. The van der Waals surface area contributed by atoms with E-state index < -0.39 is 0 Å². The lowest BCUT2D eigenvalue weighted by Gasteiger charge is -2.37. The van der Waals surface area contributed by atoms with Gasteiger partial charge in [-0.15, -0.1) is 0 Å². The molecule has 4 saturated heterocycles. The quantitative estimate of drug-likeness (QED) is 0.430. The van der Waals surface area contributed by atoms with E-state index in [1.54, 1.807) is 0 Å². The van der Waals surface area contributed by atoms with Crippen LogP contribution < -0.4 is 4.90 Å². The van der Waals surface area contributed by atoms with E-state index in [0.717, 1.165) is 60.7 Å². The molecule has 6 aliphatic rings. The third-order valence-electron chi connectivity index (χ3n) is 12.3. The minimum absolute atomic E-state index is 0.271. The van der Waals surface area contributed by atoms with Crippen LogP contribution >= 0.6 is 0 Å². The minimum Gasteiger partial charge on any atom is -0.312 e. The molecular formula is C36H58N6O. The monoisotopic (exact) mass is 590 g/mol. The van der Waals surface area contributed by atoms with E-state index >= 15 is 0 Å². The van der Waals surface area contributed by atoms with Crippen LogP contribution in [0, 0.1) is 35.5 Å². The van der Waals surface area contributed by atoms with E-state index in [-0.39, 0.29) is 5.91 Å². The van der Waals surface area contributed by atoms with Gasteiger partial charge in [-0.05, 0) is 107 Å². The van der Waals surface area contributed by atoms with Gasteiger partial charge in [0, 0.05) is 90.3 Å². The normalized spacial score (nSPS) is 34.1. The Bertz CT molecular complexity index is 1100. The Morgan fingerprint density at radius 3 is 2.05 bits per heavy atom. The molecule has 43 heavy (non-hydrogen) atoms. The molecule has 1 aromatic rings. The molecular weight excluding hydrogens is 532 g/mol. The van der Waals surface area contributed by atoms with Gasteiger partial charge >= 0.3 is 0 Å². The summed E-state index contributed by atoms with van der Waals surface area (Å²) < 4.78 is 0. The summed E-state index contributed by atoms with van der Waals surface area (Å²) in [6.45, 7) is 22.0. The Kier molecular flexibility index (Phi) is 8.67. The maximum atomic E-state index is 12.5. The van der Waals surface area contributed by atoms with Gasteiger partial charge in [-0.1, -0.05) is 18.2 Å². The number of hydrogen-bond acceptors (Lipinski definition) is 6. The maximum absolute atomic E-state index is 12.5. The van der Waals surface area contributed by atoms with Crippen molar-refractivity contribution in [1.82, 2.24) is 24.7 Å². The number of benzene rings is 1. The van der Waals surface area contributed by atoms with Gasteiger partial charge in [-0.2, -0.15) is 0 Å². The van der Waals surface area contributed by atoms with E-state index in [2.05, 4.69) is 70.7 Å². The molecule has 7 nitrogen and oxygen atoms in total. The number of hydrogen-bond donors (Lipinski definition) is 0. The van der Waals surface area contributed by atoms with Crippen LogP contribution in [0.1, 0.15) is 58.4 Å². The predicted molar refractivity (Wildman–Crippen MR) is 175 cm³/mol. The molecule has 5 aliphatic heterocycles. The van der Waals surface area contributed by atoms with Crippen LogP contribution in [0.25, 0.3) is 0 Å². The summed E-state index contributed by atoms with van der Waals surface area (Å²) in [5.74, 6) is 5.51. The number of anilines is 1. The Morgan fingerprint density at radius 1 is 0.767 bits per heavy atom. The molecule has 0 aromatic heterocycles. The summed E-state index contributed by atoms with van der Waals surface area (Å²) in [5.41, 5.74) is 2.66. The van der Waals surface area contributed by atoms with Crippen molar-refractivity contribution in [2.75, 3.05) is 90.5 Å². The van der Waals surface area contributed by atoms with Crippen molar-refractivity contribution >= 4 is 11.6 Å². The molecule has 5 fully saturated rings. The molecule has 7 rings (SSSR count). The summed E-state index contributed by atoms with van der Waals surface area (Å²) in [6, 6.07) is 8.31. The van der Waals surface area contributed by atoms with Gasteiger partial charge < -0.3 is 14.7 Å². The van der Waals surface area contributed by atoms with E-state index in [1.165, 1.54) is 96.7 Å². The summed E-state index contributed by atoms with van der Waals surface area (Å²) in [5, 5.41) is 5.29. The SMILES string of the molecule is CN(CC1CCC(CN2C[C@@H]3CN(C(C)(C)C)C[C@@H]3C2)CC1)N1C[C@H]2CN(CCCN3C(=O)Cc4ccccc43)C[C@H]2C1. The molecule has 238 valence electrons. The van der Waals surface area contributed by atoms with Gasteiger partial charge in [0.15, 0.2) is 0 Å². The number of carbonyl (C=O) groups is 1. The molecule has 0 radical (unpaired) electrons. The van der Waals surface area contributed by atoms with Gasteiger partial charge in [0.25, 0.3) is 0 Å². The van der Waals surface area contributed by atoms with Crippen LogP contribution in [0.15, 0.2) is 24.3 Å². The zero-order valence-corrected chi connectivity index (χ0v) is 27.6. The number of amides is 1. The first-order chi connectivity index (χ1) is 20.7. The summed E-state index contributed by atoms with van der Waals surface area (Å²) in [7, 11) is 2.36. The van der Waals surface area contributed by atoms with Gasteiger partial charge in [0.1, 0.15) is 0 Å². The van der Waals surface area contributed by atoms with Gasteiger partial charge in [-0.25, -0.2) is 10.0 Å². The molecule has 7 heteroatoms. The number of carbonyl (C=O) groups excluding carboxylic acids is 1. The van der Waals surface area contributed by atoms with Gasteiger partial charge in [0.05, 0.1) is 6.42 Å². The summed E-state index contributed by atoms with van der Waals surface area (Å²) >= 11 is 0. The van der Waals surface area contributed by atoms with Crippen LogP contribution in [0.3, 0.4) is 0 Å². The van der Waals surface area contributed by atoms with Crippen molar-refractivity contribution in [3.63, 3.8) is 0 Å². The second kappa shape index (κ2) is 12.4. The number of fused-ring (bicyclic) bond motifs is 3. The zero-order valence-electron chi connectivity index (χ0n) is 27.6. The minimum atomic E-state index is 0.271. The fourth-order valence-corrected chi connectivity index (χ4v) is 9.78. The van der Waals surface area contributed by atoms with Crippen molar-refractivity contribution in [3.8, 4) is 0 Å². The lowest BCUT2D eigenvalue weighted by molar-refractivity contribution is -0.117. The van der Waals surface area contributed by atoms with E-state index in [4.69, 9.17) is 0 Å². The summed E-state index contributed by atoms with van der Waals surface area (Å²) in [4.78, 5) is 22.8. The highest BCUT2D eigenvalue weighted by atomic mass is 16.2. The van der Waals surface area contributed by atoms with Crippen LogP contribution in [0.4, 0.5) is 5.69 Å². The fraction of sp³-hybridized carbons (Fsp3) is 0.806. The fourth-order valence-electron chi connectivity index (χ4n) is 9.78. The Hall–Kier alpha value is -1.51. The van der Waals surface area contributed by atoms with E-state index in [9.17, 15) is 4.79 Å². The first-order valence-electron chi connectivity index (χ1n) is 17.7. The van der Waals surface area contributed by atoms with Crippen molar-refractivity contribution < 1.29 is 4.79 Å². The van der Waals surface area contributed by atoms with Crippen molar-refractivity contribution in [2.45, 2.75) is 64.8 Å². The van der Waals surface area contributed by atoms with Crippen LogP contribution in [-0.4, -0.2) is 122 Å². The first-order valence-corrected chi connectivity index (χ1v) is 17.7. The van der Waals surface area contributed by atoms with Crippen molar-refractivity contribution in [1.29, 1.82) is 0 Å². The van der Waals surface area contributed by atoms with E-state index in [1.807, 2.05) is 11.0 Å². The topological polar surface area (TPSA) is 36.5 Å². The highest BCUT2D eigenvalue weighted by Gasteiger charge is 2.44. The van der Waals surface area contributed by atoms with E-state index in [0.29, 0.717) is 12.0 Å². The number of hydrazine groups is 1. The molecule has 1 aliphatic carbocycles. The second-order valence-corrected chi connectivity index (χ2v) is 16.4. The van der Waals surface area contributed by atoms with Crippen LogP contribution in [0.2, 0.25) is 0 Å². The molecule has 0 unspecified atom stereocenters. The Morgan fingerprint density at radius 2 is 1.37 bits per heavy atom. The molecule has 1 saturated carbocycles. The van der Waals surface area contributed by atoms with Crippen LogP contribution in [0.5, 0.6) is 0 Å². The average molecular weight is 591 g/mol. The Balaban J connectivity index is 0.779. The van der Waals surface area contributed by atoms with Crippen molar-refractivity contribution in [2.24, 2.45) is 35.5 Å². The first kappa shape index (κ1) is 30.2. The van der Waals surface area contributed by atoms with Gasteiger partial charge in [-0.3, -0.25) is 9.69 Å². The van der Waals surface area contributed by atoms with Crippen LogP contribution in [-0.2, 0) is 11.2 Å². The third-order valence-corrected chi connectivity index (χ3v) is 12.3. The molecule has 4 atom stereocenters. The molecule has 0 bridgehead atoms. The zero-order chi connectivity index (χ0) is 29.7.